The predicted molar refractivity (Wildman–Crippen MR) is 44.6 cm³/mol. The van der Waals surface area contributed by atoms with E-state index in [1.807, 2.05) is 0 Å². The predicted octanol–water partition coefficient (Wildman–Crippen LogP) is 0.283. The van der Waals surface area contributed by atoms with Crippen LogP contribution in [-0.2, 0) is 4.57 Å². The summed E-state index contributed by atoms with van der Waals surface area (Å²) in [6, 6.07) is 5.31. The molecule has 0 aliphatic carbocycles. The Labute approximate surface area is 66.8 Å². The standard InChI is InChI=1S/C7H5BO2P/c8-5-2-1-3-6-7(5)11(9)4-10-6/h1-3H,4H2/q+1. The minimum absolute atomic E-state index is 0.277. The highest BCUT2D eigenvalue weighted by Crippen LogP contribution is 2.31. The van der Waals surface area contributed by atoms with Crippen molar-refractivity contribution in [3.63, 3.8) is 0 Å². The maximum atomic E-state index is 11.2. The lowest BCUT2D eigenvalue weighted by atomic mass is 9.96. The Hall–Kier alpha value is -0.815. The molecule has 1 aliphatic rings. The number of fused-ring (bicyclic) bond motifs is 1. The molecule has 2 nitrogen and oxygen atoms in total. The average Bonchev–Trinajstić information content (AvgIpc) is 2.34. The normalized spacial score (nSPS) is 17.6. The highest BCUT2D eigenvalue weighted by Gasteiger charge is 2.34. The van der Waals surface area contributed by atoms with Gasteiger partial charge in [0.25, 0.3) is 6.35 Å². The monoisotopic (exact) mass is 163 g/mol. The fraction of sp³-hybridized carbons (Fsp3) is 0.143. The third-order valence-electron chi connectivity index (χ3n) is 1.62. The molecule has 0 amide bonds. The molecule has 0 N–H and O–H groups in total. The van der Waals surface area contributed by atoms with Crippen molar-refractivity contribution in [2.75, 3.05) is 6.35 Å². The van der Waals surface area contributed by atoms with E-state index in [-0.39, 0.29) is 6.35 Å². The molecule has 0 saturated carbocycles. The molecule has 52 valence electrons. The fourth-order valence-corrected chi connectivity index (χ4v) is 2.25. The van der Waals surface area contributed by atoms with Crippen LogP contribution in [0.1, 0.15) is 0 Å². The van der Waals surface area contributed by atoms with Gasteiger partial charge in [-0.1, -0.05) is 16.7 Å². The van der Waals surface area contributed by atoms with Crippen molar-refractivity contribution in [3.8, 4) is 5.75 Å². The molecular formula is C7H5BO2P+. The lowest BCUT2D eigenvalue weighted by Crippen LogP contribution is -2.19. The van der Waals surface area contributed by atoms with E-state index in [1.165, 1.54) is 0 Å². The smallest absolute Gasteiger partial charge is 0.421 e. The number of ether oxygens (including phenoxy) is 1. The lowest BCUT2D eigenvalue weighted by molar-refractivity contribution is 0.397. The van der Waals surface area contributed by atoms with E-state index < -0.39 is 7.80 Å². The topological polar surface area (TPSA) is 26.3 Å². The number of hydrogen-bond acceptors (Lipinski definition) is 2. The third kappa shape index (κ3) is 0.963. The minimum Gasteiger partial charge on any atom is -0.444 e. The molecule has 4 heteroatoms. The van der Waals surface area contributed by atoms with Gasteiger partial charge in [-0.3, -0.25) is 0 Å². The Kier molecular flexibility index (Phi) is 1.47. The zero-order valence-corrected chi connectivity index (χ0v) is 6.67. The van der Waals surface area contributed by atoms with Gasteiger partial charge in [0.15, 0.2) is 5.75 Å². The summed E-state index contributed by atoms with van der Waals surface area (Å²) in [4.78, 5) is 0. The van der Waals surface area contributed by atoms with Crippen molar-refractivity contribution in [3.05, 3.63) is 18.2 Å². The summed E-state index contributed by atoms with van der Waals surface area (Å²) in [5.41, 5.74) is 0.570. The van der Waals surface area contributed by atoms with Gasteiger partial charge in [-0.2, -0.15) is 0 Å². The second-order valence-electron chi connectivity index (χ2n) is 2.35. The summed E-state index contributed by atoms with van der Waals surface area (Å²) in [5, 5.41) is 0.683. The van der Waals surface area contributed by atoms with Crippen molar-refractivity contribution in [1.82, 2.24) is 0 Å². The van der Waals surface area contributed by atoms with Crippen LogP contribution in [0.2, 0.25) is 0 Å². The largest absolute Gasteiger partial charge is 0.444 e. The van der Waals surface area contributed by atoms with Crippen LogP contribution in [0.15, 0.2) is 18.2 Å². The first kappa shape index (κ1) is 6.87. The van der Waals surface area contributed by atoms with E-state index in [1.54, 1.807) is 18.2 Å². The molecule has 1 heterocycles. The number of rotatable bonds is 0. The maximum Gasteiger partial charge on any atom is 0.421 e. The molecule has 0 fully saturated rings. The fourth-order valence-electron chi connectivity index (χ4n) is 1.12. The maximum absolute atomic E-state index is 11.2. The summed E-state index contributed by atoms with van der Waals surface area (Å²) in [6.07, 6.45) is 0.277. The Morgan fingerprint density at radius 1 is 1.55 bits per heavy atom. The van der Waals surface area contributed by atoms with E-state index in [4.69, 9.17) is 12.6 Å². The van der Waals surface area contributed by atoms with Crippen LogP contribution in [0.4, 0.5) is 0 Å². The van der Waals surface area contributed by atoms with E-state index in [0.29, 0.717) is 16.5 Å². The molecule has 1 aromatic carbocycles. The van der Waals surface area contributed by atoms with Gasteiger partial charge in [-0.25, -0.2) is 0 Å². The van der Waals surface area contributed by atoms with E-state index in [0.717, 1.165) is 0 Å². The molecule has 0 spiro atoms. The summed E-state index contributed by atoms with van der Waals surface area (Å²) in [6.45, 7) is 0. The lowest BCUT2D eigenvalue weighted by Gasteiger charge is -1.92. The molecule has 11 heavy (non-hydrogen) atoms. The molecule has 0 bridgehead atoms. The van der Waals surface area contributed by atoms with Gasteiger partial charge in [-0.05, 0) is 11.5 Å². The van der Waals surface area contributed by atoms with Gasteiger partial charge in [0.1, 0.15) is 7.85 Å². The van der Waals surface area contributed by atoms with Gasteiger partial charge in [0, 0.05) is 0 Å². The van der Waals surface area contributed by atoms with Crippen LogP contribution in [0, 0.1) is 0 Å². The summed E-state index contributed by atoms with van der Waals surface area (Å²) in [7, 11) is 4.20. The summed E-state index contributed by atoms with van der Waals surface area (Å²) >= 11 is 0. The van der Waals surface area contributed by atoms with Crippen molar-refractivity contribution < 1.29 is 9.30 Å². The molecule has 0 aromatic heterocycles. The van der Waals surface area contributed by atoms with Crippen LogP contribution >= 0.6 is 7.80 Å². The summed E-state index contributed by atoms with van der Waals surface area (Å²) < 4.78 is 16.4. The zero-order chi connectivity index (χ0) is 7.84. The summed E-state index contributed by atoms with van der Waals surface area (Å²) in [5.74, 6) is 0.672. The minimum atomic E-state index is -1.40. The quantitative estimate of drug-likeness (QED) is 0.405. The van der Waals surface area contributed by atoms with Gasteiger partial charge >= 0.3 is 7.80 Å². The zero-order valence-electron chi connectivity index (χ0n) is 5.78. The van der Waals surface area contributed by atoms with Gasteiger partial charge in [-0.15, -0.1) is 0 Å². The molecule has 1 atom stereocenters. The Balaban J connectivity index is 2.68. The second-order valence-corrected chi connectivity index (χ2v) is 3.81. The number of hydrogen-bond donors (Lipinski definition) is 0. The first-order chi connectivity index (χ1) is 5.29. The van der Waals surface area contributed by atoms with Gasteiger partial charge < -0.3 is 4.74 Å². The Morgan fingerprint density at radius 3 is 3.09 bits per heavy atom. The van der Waals surface area contributed by atoms with Gasteiger partial charge in [0.05, 0.1) is 0 Å². The second kappa shape index (κ2) is 2.35. The van der Waals surface area contributed by atoms with E-state index in [2.05, 4.69) is 0 Å². The van der Waals surface area contributed by atoms with Crippen LogP contribution in [0.5, 0.6) is 5.75 Å². The van der Waals surface area contributed by atoms with Gasteiger partial charge in [0.2, 0.25) is 5.30 Å². The SMILES string of the molecule is [B]c1cccc2c1[P+](=O)CO2. The Bertz CT molecular complexity index is 324. The van der Waals surface area contributed by atoms with Crippen LogP contribution < -0.4 is 15.5 Å². The highest BCUT2D eigenvalue weighted by molar-refractivity contribution is 7.54. The number of benzene rings is 1. The average molecular weight is 163 g/mol. The van der Waals surface area contributed by atoms with Crippen LogP contribution in [-0.4, -0.2) is 14.2 Å². The third-order valence-corrected chi connectivity index (χ3v) is 2.96. The highest BCUT2D eigenvalue weighted by atomic mass is 31.1. The van der Waals surface area contributed by atoms with Crippen molar-refractivity contribution in [1.29, 1.82) is 0 Å². The van der Waals surface area contributed by atoms with E-state index in [9.17, 15) is 4.57 Å². The van der Waals surface area contributed by atoms with Crippen LogP contribution in [0.3, 0.4) is 0 Å². The van der Waals surface area contributed by atoms with E-state index >= 15 is 0 Å². The molecular weight excluding hydrogens is 158 g/mol. The van der Waals surface area contributed by atoms with Crippen molar-refractivity contribution in [2.45, 2.75) is 0 Å². The molecule has 0 saturated heterocycles. The Morgan fingerprint density at radius 2 is 2.36 bits per heavy atom. The first-order valence-electron chi connectivity index (χ1n) is 3.25. The molecule has 2 radical (unpaired) electrons. The molecule has 2 rings (SSSR count). The molecule has 1 aliphatic heterocycles. The first-order valence-corrected chi connectivity index (χ1v) is 4.69. The molecule has 1 aromatic rings. The van der Waals surface area contributed by atoms with Crippen LogP contribution in [0.25, 0.3) is 0 Å². The van der Waals surface area contributed by atoms with Crippen molar-refractivity contribution >= 4 is 26.4 Å². The molecule has 1 unspecified atom stereocenters. The van der Waals surface area contributed by atoms with Crippen molar-refractivity contribution in [2.24, 2.45) is 0 Å².